The van der Waals surface area contributed by atoms with Gasteiger partial charge in [-0.1, -0.05) is 60.7 Å². The summed E-state index contributed by atoms with van der Waals surface area (Å²) >= 11 is 0. The summed E-state index contributed by atoms with van der Waals surface area (Å²) in [7, 11) is 0. The normalized spacial score (nSPS) is 15.5. The first-order valence-corrected chi connectivity index (χ1v) is 9.04. The first-order chi connectivity index (χ1) is 14.1. The molecular formula is C23H18N2O4. The molecule has 0 bridgehead atoms. The average molecular weight is 386 g/mol. The molecule has 1 aliphatic rings. The van der Waals surface area contributed by atoms with Gasteiger partial charge >= 0.3 is 5.97 Å². The molecular weight excluding hydrogens is 368 g/mol. The fraction of sp³-hybridized carbons (Fsp3) is 0.0435. The Hall–Kier alpha value is -4.06. The highest BCUT2D eigenvalue weighted by atomic mass is 16.4. The Labute approximate surface area is 167 Å². The second-order valence-corrected chi connectivity index (χ2v) is 6.59. The maximum Gasteiger partial charge on any atom is 0.336 e. The number of hydrogen-bond acceptors (Lipinski definition) is 4. The number of carboxylic acid groups (broad SMARTS) is 1. The fourth-order valence-electron chi connectivity index (χ4n) is 3.38. The number of nitrogens with one attached hydrogen (secondary N) is 1. The van der Waals surface area contributed by atoms with Gasteiger partial charge in [-0.15, -0.1) is 0 Å². The summed E-state index contributed by atoms with van der Waals surface area (Å²) in [4.78, 5) is 24.9. The lowest BCUT2D eigenvalue weighted by Gasteiger charge is -2.26. The molecule has 0 unspecified atom stereocenters. The van der Waals surface area contributed by atoms with Crippen molar-refractivity contribution in [3.8, 4) is 5.75 Å². The van der Waals surface area contributed by atoms with Crippen LogP contribution in [0.3, 0.4) is 0 Å². The number of phenolic OH excluding ortho intramolecular Hbond substituents is 1. The third-order valence-corrected chi connectivity index (χ3v) is 4.79. The number of benzene rings is 3. The van der Waals surface area contributed by atoms with Gasteiger partial charge in [-0.25, -0.2) is 9.80 Å². The lowest BCUT2D eigenvalue weighted by Crippen LogP contribution is -2.40. The van der Waals surface area contributed by atoms with Gasteiger partial charge in [0.25, 0.3) is 5.91 Å². The minimum Gasteiger partial charge on any atom is -0.508 e. The van der Waals surface area contributed by atoms with E-state index in [0.717, 1.165) is 5.56 Å². The van der Waals surface area contributed by atoms with Crippen LogP contribution in [0.2, 0.25) is 0 Å². The predicted octanol–water partition coefficient (Wildman–Crippen LogP) is 3.83. The van der Waals surface area contributed by atoms with E-state index in [1.807, 2.05) is 36.4 Å². The molecule has 0 spiro atoms. The van der Waals surface area contributed by atoms with Crippen LogP contribution in [0.4, 0.5) is 0 Å². The first kappa shape index (κ1) is 18.3. The van der Waals surface area contributed by atoms with Crippen LogP contribution in [0.5, 0.6) is 5.75 Å². The van der Waals surface area contributed by atoms with Gasteiger partial charge in [0.15, 0.2) is 0 Å². The van der Waals surface area contributed by atoms with Crippen LogP contribution in [-0.2, 0) is 0 Å². The third kappa shape index (κ3) is 3.43. The van der Waals surface area contributed by atoms with Gasteiger partial charge < -0.3 is 10.2 Å². The number of carboxylic acids is 1. The van der Waals surface area contributed by atoms with Crippen molar-refractivity contribution in [3.05, 3.63) is 107 Å². The van der Waals surface area contributed by atoms with Crippen molar-refractivity contribution in [1.29, 1.82) is 0 Å². The highest BCUT2D eigenvalue weighted by Crippen LogP contribution is 2.36. The van der Waals surface area contributed by atoms with Crippen LogP contribution in [0.15, 0.2) is 84.9 Å². The monoisotopic (exact) mass is 386 g/mol. The van der Waals surface area contributed by atoms with E-state index < -0.39 is 17.9 Å². The molecule has 0 saturated heterocycles. The summed E-state index contributed by atoms with van der Waals surface area (Å²) in [6.45, 7) is 0. The minimum atomic E-state index is -1.18. The molecule has 1 amide bonds. The van der Waals surface area contributed by atoms with Crippen molar-refractivity contribution in [3.63, 3.8) is 0 Å². The molecule has 0 aromatic heterocycles. The number of carbonyl (C=O) groups is 2. The van der Waals surface area contributed by atoms with E-state index >= 15 is 0 Å². The van der Waals surface area contributed by atoms with Crippen LogP contribution >= 0.6 is 0 Å². The Balaban J connectivity index is 1.79. The topological polar surface area (TPSA) is 89.9 Å². The van der Waals surface area contributed by atoms with Crippen LogP contribution < -0.4 is 5.43 Å². The molecule has 1 atom stereocenters. The second-order valence-electron chi connectivity index (χ2n) is 6.59. The van der Waals surface area contributed by atoms with Gasteiger partial charge in [0.2, 0.25) is 0 Å². The highest BCUT2D eigenvalue weighted by Gasteiger charge is 2.34. The summed E-state index contributed by atoms with van der Waals surface area (Å²) in [6, 6.07) is 21.7. The second kappa shape index (κ2) is 7.52. The molecule has 0 aliphatic carbocycles. The Morgan fingerprint density at radius 3 is 2.14 bits per heavy atom. The van der Waals surface area contributed by atoms with E-state index in [-0.39, 0.29) is 16.9 Å². The van der Waals surface area contributed by atoms with Crippen LogP contribution in [-0.4, -0.2) is 27.1 Å². The average Bonchev–Trinajstić information content (AvgIpc) is 3.19. The summed E-state index contributed by atoms with van der Waals surface area (Å²) < 4.78 is 0. The molecule has 3 N–H and O–H groups in total. The summed E-state index contributed by atoms with van der Waals surface area (Å²) in [6.07, 6.45) is 1.84. The van der Waals surface area contributed by atoms with Gasteiger partial charge in [-0.3, -0.25) is 10.2 Å². The molecule has 0 saturated carbocycles. The fourth-order valence-corrected chi connectivity index (χ4v) is 3.38. The molecule has 29 heavy (non-hydrogen) atoms. The van der Waals surface area contributed by atoms with E-state index in [4.69, 9.17) is 0 Å². The Kier molecular flexibility index (Phi) is 4.75. The lowest BCUT2D eigenvalue weighted by molar-refractivity contribution is 0.0639. The van der Waals surface area contributed by atoms with E-state index in [0.29, 0.717) is 11.3 Å². The van der Waals surface area contributed by atoms with Crippen molar-refractivity contribution >= 4 is 17.6 Å². The number of hydrogen-bond donors (Lipinski definition) is 3. The molecule has 1 heterocycles. The molecule has 6 nitrogen and oxygen atoms in total. The van der Waals surface area contributed by atoms with E-state index in [9.17, 15) is 19.8 Å². The van der Waals surface area contributed by atoms with Gasteiger partial charge in [-0.2, -0.15) is 0 Å². The molecule has 3 aromatic carbocycles. The third-order valence-electron chi connectivity index (χ3n) is 4.79. The largest absolute Gasteiger partial charge is 0.508 e. The van der Waals surface area contributed by atoms with Gasteiger partial charge in [0, 0.05) is 5.56 Å². The highest BCUT2D eigenvalue weighted by molar-refractivity contribution is 6.05. The predicted molar refractivity (Wildman–Crippen MR) is 108 cm³/mol. The molecule has 0 fully saturated rings. The molecule has 1 aliphatic heterocycles. The van der Waals surface area contributed by atoms with E-state index in [1.54, 1.807) is 36.4 Å². The maximum atomic E-state index is 13.3. The minimum absolute atomic E-state index is 0.0502. The number of nitrogens with zero attached hydrogens (tertiary/aromatic N) is 1. The Morgan fingerprint density at radius 1 is 0.828 bits per heavy atom. The van der Waals surface area contributed by atoms with Crippen molar-refractivity contribution in [2.45, 2.75) is 6.04 Å². The zero-order chi connectivity index (χ0) is 20.4. The number of hydrazine groups is 1. The van der Waals surface area contributed by atoms with Gasteiger partial charge in [0.05, 0.1) is 16.8 Å². The number of rotatable bonds is 4. The first-order valence-electron chi connectivity index (χ1n) is 9.04. The standard InChI is InChI=1S/C23H18N2O4/c26-21-13-7-6-12-18(21)20-14-19(15-8-2-1-3-9-15)24-25(20)22(27)16-10-4-5-11-17(16)23(28)29/h1-14,20,24,26H,(H,28,29)/t20-/m1/s1. The summed E-state index contributed by atoms with van der Waals surface area (Å²) in [5.74, 6) is -1.63. The molecule has 0 radical (unpaired) electrons. The zero-order valence-electron chi connectivity index (χ0n) is 15.3. The number of para-hydroxylation sites is 1. The quantitative estimate of drug-likeness (QED) is 0.634. The smallest absolute Gasteiger partial charge is 0.336 e. The zero-order valence-corrected chi connectivity index (χ0v) is 15.3. The van der Waals surface area contributed by atoms with Crippen LogP contribution in [0, 0.1) is 0 Å². The number of aromatic hydroxyl groups is 1. The van der Waals surface area contributed by atoms with Crippen molar-refractivity contribution < 1.29 is 19.8 Å². The SMILES string of the molecule is O=C(O)c1ccccc1C(=O)N1NC(c2ccccc2)=C[C@@H]1c1ccccc1O. The summed E-state index contributed by atoms with van der Waals surface area (Å²) in [5, 5.41) is 21.2. The van der Waals surface area contributed by atoms with Gasteiger partial charge in [0.1, 0.15) is 11.8 Å². The van der Waals surface area contributed by atoms with E-state index in [1.165, 1.54) is 17.1 Å². The maximum absolute atomic E-state index is 13.3. The van der Waals surface area contributed by atoms with Gasteiger partial charge in [-0.05, 0) is 29.8 Å². The lowest BCUT2D eigenvalue weighted by atomic mass is 10.0. The molecule has 3 aromatic rings. The molecule has 4 rings (SSSR count). The number of phenols is 1. The van der Waals surface area contributed by atoms with Crippen LogP contribution in [0.1, 0.15) is 37.9 Å². The molecule has 144 valence electrons. The number of aromatic carboxylic acids is 1. The molecule has 6 heteroatoms. The van der Waals surface area contributed by atoms with Crippen LogP contribution in [0.25, 0.3) is 5.70 Å². The Bertz CT molecular complexity index is 1110. The van der Waals surface area contributed by atoms with E-state index in [2.05, 4.69) is 5.43 Å². The Morgan fingerprint density at radius 2 is 1.45 bits per heavy atom. The van der Waals surface area contributed by atoms with Crippen molar-refractivity contribution in [1.82, 2.24) is 10.4 Å². The van der Waals surface area contributed by atoms with Crippen molar-refractivity contribution in [2.75, 3.05) is 0 Å². The number of amides is 1. The van der Waals surface area contributed by atoms with Crippen molar-refractivity contribution in [2.24, 2.45) is 0 Å². The summed E-state index contributed by atoms with van der Waals surface area (Å²) in [5.41, 5.74) is 5.17. The number of carbonyl (C=O) groups excluding carboxylic acids is 1.